The van der Waals surface area contributed by atoms with E-state index in [1.165, 1.54) is 5.39 Å². The predicted octanol–water partition coefficient (Wildman–Crippen LogP) is 3.61. The van der Waals surface area contributed by atoms with Crippen LogP contribution in [-0.2, 0) is 12.7 Å². The molecule has 0 spiro atoms. The van der Waals surface area contributed by atoms with Crippen molar-refractivity contribution >= 4 is 31.3 Å². The van der Waals surface area contributed by atoms with Gasteiger partial charge in [-0.25, -0.2) is 0 Å². The van der Waals surface area contributed by atoms with Crippen molar-refractivity contribution in [1.82, 2.24) is 4.98 Å². The molecule has 0 saturated carbocycles. The molecule has 0 saturated heterocycles. The predicted molar refractivity (Wildman–Crippen MR) is 53.4 cm³/mol. The molecule has 0 atom stereocenters. The van der Waals surface area contributed by atoms with E-state index in [0.717, 1.165) is 5.52 Å². The second-order valence-corrected chi connectivity index (χ2v) is 3.87. The zero-order valence-electron chi connectivity index (χ0n) is 6.56. The fraction of sp³-hybridized carbons (Fsp3) is 0. The minimum atomic E-state index is 0.569. The molecule has 0 N–H and O–H groups in total. The summed E-state index contributed by atoms with van der Waals surface area (Å²) < 4.78 is 0. The van der Waals surface area contributed by atoms with Gasteiger partial charge < -0.3 is 0 Å². The van der Waals surface area contributed by atoms with E-state index in [9.17, 15) is 0 Å². The summed E-state index contributed by atoms with van der Waals surface area (Å²) in [6.07, 6.45) is 1.81. The number of hydrogen-bond donors (Lipinski definition) is 0. The van der Waals surface area contributed by atoms with Gasteiger partial charge in [-0.1, -0.05) is 24.3 Å². The first kappa shape index (κ1) is 10.8. The smallest absolute Gasteiger partial charge is 0.0701 e. The zero-order valence-corrected chi connectivity index (χ0v) is 9.06. The second-order valence-electron chi connectivity index (χ2n) is 2.24. The molecule has 0 radical (unpaired) electrons. The molecule has 0 amide bonds. The molecule has 1 aromatic heterocycles. The van der Waals surface area contributed by atoms with Crippen LogP contribution in [-0.4, -0.2) is 4.98 Å². The van der Waals surface area contributed by atoms with Gasteiger partial charge in [0.2, 0.25) is 0 Å². The molecule has 1 nitrogen and oxygen atoms in total. The average Bonchev–Trinajstić information content (AvgIpc) is 2.19. The summed E-state index contributed by atoms with van der Waals surface area (Å²) in [7, 11) is 9.40. The molecule has 1 aromatic carbocycles. The van der Waals surface area contributed by atoms with Gasteiger partial charge in [-0.05, 0) is 12.1 Å². The maximum Gasteiger partial charge on any atom is 0.0701 e. The van der Waals surface area contributed by atoms with Crippen LogP contribution in [0.4, 0.5) is 0 Å². The van der Waals surface area contributed by atoms with Crippen LogP contribution in [0.2, 0.25) is 0 Å². The first-order chi connectivity index (χ1) is 6.38. The minimum Gasteiger partial charge on any atom is -0.256 e. The van der Waals surface area contributed by atoms with E-state index >= 15 is 0 Å². The number of para-hydroxylation sites is 1. The van der Waals surface area contributed by atoms with E-state index in [1.807, 2.05) is 30.5 Å². The molecular weight excluding hydrogens is 252 g/mol. The molecule has 0 unspecified atom stereocenters. The molecule has 13 heavy (non-hydrogen) atoms. The van der Waals surface area contributed by atoms with Crippen molar-refractivity contribution in [2.45, 2.75) is 0 Å². The molecule has 0 bridgehead atoms. The van der Waals surface area contributed by atoms with Crippen molar-refractivity contribution in [3.8, 4) is 0 Å². The maximum atomic E-state index is 4.70. The van der Waals surface area contributed by atoms with Crippen LogP contribution in [0.1, 0.15) is 0 Å². The molecule has 1 heterocycles. The van der Waals surface area contributed by atoms with Crippen molar-refractivity contribution < 1.29 is 12.7 Å². The average molecular weight is 259 g/mol. The monoisotopic (exact) mass is 257 g/mol. The van der Waals surface area contributed by atoms with Gasteiger partial charge in [0.15, 0.2) is 0 Å². The second kappa shape index (κ2) is 6.20. The molecule has 2 rings (SSSR count). The zero-order chi connectivity index (χ0) is 9.52. The van der Waals surface area contributed by atoms with Crippen LogP contribution in [0.5, 0.6) is 0 Å². The summed E-state index contributed by atoms with van der Waals surface area (Å²) in [6, 6.07) is 12.1. The van der Waals surface area contributed by atoms with Crippen molar-refractivity contribution in [2.75, 3.05) is 0 Å². The van der Waals surface area contributed by atoms with E-state index in [2.05, 4.69) is 17.1 Å². The Morgan fingerprint density at radius 3 is 2.31 bits per heavy atom. The molecule has 0 aliphatic carbocycles. The first-order valence-corrected chi connectivity index (χ1v) is 6.22. The van der Waals surface area contributed by atoms with Crippen LogP contribution in [0.3, 0.4) is 0 Å². The Morgan fingerprint density at radius 1 is 1.00 bits per heavy atom. The van der Waals surface area contributed by atoms with Gasteiger partial charge in [0, 0.05) is 11.6 Å². The maximum absolute atomic E-state index is 4.70. The first-order valence-electron chi connectivity index (χ1n) is 3.50. The van der Waals surface area contributed by atoms with Crippen molar-refractivity contribution in [2.24, 2.45) is 0 Å². The fourth-order valence-corrected chi connectivity index (χ4v) is 1.02. The number of benzene rings is 1. The number of hydrogen-bond acceptors (Lipinski definition) is 1. The molecule has 2 aromatic rings. The Balaban J connectivity index is 0.000000251. The molecule has 0 aliphatic heterocycles. The van der Waals surface area contributed by atoms with E-state index in [4.69, 9.17) is 20.4 Å². The van der Waals surface area contributed by atoms with Crippen LogP contribution >= 0.6 is 20.4 Å². The number of nitrogens with zero attached hydrogens (tertiary/aromatic N) is 1. The van der Waals surface area contributed by atoms with Gasteiger partial charge in [-0.3, -0.25) is 4.98 Å². The summed E-state index contributed by atoms with van der Waals surface area (Å²) in [6.45, 7) is 0. The Hall–Kier alpha value is -0.296. The topological polar surface area (TPSA) is 12.9 Å². The fourth-order valence-electron chi connectivity index (χ4n) is 1.02. The molecule has 0 aliphatic rings. The van der Waals surface area contributed by atoms with E-state index in [-0.39, 0.29) is 0 Å². The van der Waals surface area contributed by atoms with Gasteiger partial charge in [0.25, 0.3) is 0 Å². The Labute approximate surface area is 91.4 Å². The summed E-state index contributed by atoms with van der Waals surface area (Å²) in [5.74, 6) is 0. The Kier molecular flexibility index (Phi) is 5.14. The number of halogens is 2. The summed E-state index contributed by atoms with van der Waals surface area (Å²) in [5.41, 5.74) is 1.06. The SMILES string of the molecule is [Cl][Ni][Cl].c1ccc2ncccc2c1. The van der Waals surface area contributed by atoms with Crippen molar-refractivity contribution in [1.29, 1.82) is 0 Å². The summed E-state index contributed by atoms with van der Waals surface area (Å²) >= 11 is 0.569. The van der Waals surface area contributed by atoms with Gasteiger partial charge in [-0.2, -0.15) is 0 Å². The summed E-state index contributed by atoms with van der Waals surface area (Å²) in [4.78, 5) is 4.18. The van der Waals surface area contributed by atoms with Crippen LogP contribution in [0.15, 0.2) is 42.6 Å². The number of fused-ring (bicyclic) bond motifs is 1. The van der Waals surface area contributed by atoms with Crippen LogP contribution in [0, 0.1) is 0 Å². The normalized spacial score (nSPS) is 9.38. The van der Waals surface area contributed by atoms with E-state index in [0.29, 0.717) is 12.7 Å². The molecule has 4 heteroatoms. The third-order valence-corrected chi connectivity index (χ3v) is 1.51. The summed E-state index contributed by atoms with van der Waals surface area (Å²) in [5, 5.41) is 1.20. The number of rotatable bonds is 0. The van der Waals surface area contributed by atoms with E-state index < -0.39 is 0 Å². The number of pyridine rings is 1. The van der Waals surface area contributed by atoms with Gasteiger partial charge in [0.05, 0.1) is 5.52 Å². The molecule has 72 valence electrons. The van der Waals surface area contributed by atoms with E-state index in [1.54, 1.807) is 0 Å². The van der Waals surface area contributed by atoms with Crippen molar-refractivity contribution in [3.05, 3.63) is 42.6 Å². The van der Waals surface area contributed by atoms with Crippen LogP contribution in [0.25, 0.3) is 10.9 Å². The largest absolute Gasteiger partial charge is 0.256 e. The Morgan fingerprint density at radius 2 is 1.62 bits per heavy atom. The van der Waals surface area contributed by atoms with Crippen LogP contribution < -0.4 is 0 Å². The quantitative estimate of drug-likeness (QED) is 0.658. The molecular formula is C9H7Cl2NNi. The standard InChI is InChI=1S/C9H7N.2ClH.Ni/c1-2-6-9-8(4-1)5-3-7-10-9;;;/h1-7H;2*1H;/q;;;+2/p-2. The van der Waals surface area contributed by atoms with Gasteiger partial charge in [0.1, 0.15) is 0 Å². The molecule has 0 fully saturated rings. The van der Waals surface area contributed by atoms with Gasteiger partial charge in [-0.15, -0.1) is 0 Å². The Bertz CT molecular complexity index is 302. The third kappa shape index (κ3) is 3.52. The minimum absolute atomic E-state index is 0.569. The third-order valence-electron chi connectivity index (χ3n) is 1.51. The number of aromatic nitrogens is 1. The van der Waals surface area contributed by atoms with Crippen molar-refractivity contribution in [3.63, 3.8) is 0 Å². The van der Waals surface area contributed by atoms with Gasteiger partial charge >= 0.3 is 33.0 Å².